The van der Waals surface area contributed by atoms with E-state index >= 15 is 0 Å². The lowest BCUT2D eigenvalue weighted by Gasteiger charge is -2.01. The lowest BCUT2D eigenvalue weighted by atomic mass is 10.2. The first-order chi connectivity index (χ1) is 9.35. The minimum atomic E-state index is 0.224. The van der Waals surface area contributed by atoms with E-state index in [9.17, 15) is 0 Å². The van der Waals surface area contributed by atoms with E-state index in [1.165, 1.54) is 0 Å². The zero-order valence-electron chi connectivity index (χ0n) is 10.5. The van der Waals surface area contributed by atoms with Crippen LogP contribution in [0.25, 0.3) is 10.9 Å². The smallest absolute Gasteiger partial charge is 0.399 e. The highest BCUT2D eigenvalue weighted by Gasteiger charge is 2.06. The van der Waals surface area contributed by atoms with Crippen LogP contribution in [0.3, 0.4) is 0 Å². The molecule has 19 heavy (non-hydrogen) atoms. The first-order valence-electron chi connectivity index (χ1n) is 5.97. The van der Waals surface area contributed by atoms with Gasteiger partial charge in [0.1, 0.15) is 6.26 Å². The maximum absolute atomic E-state index is 5.55. The number of benzene rings is 1. The summed E-state index contributed by atoms with van der Waals surface area (Å²) >= 11 is 0. The normalized spacial score (nSPS) is 10.8. The van der Waals surface area contributed by atoms with Crippen molar-refractivity contribution in [2.75, 3.05) is 7.05 Å². The molecule has 3 aromatic rings. The van der Waals surface area contributed by atoms with Gasteiger partial charge in [-0.2, -0.15) is 4.98 Å². The number of fused-ring (bicyclic) bond motifs is 1. The van der Waals surface area contributed by atoms with E-state index < -0.39 is 0 Å². The molecule has 2 heterocycles. The van der Waals surface area contributed by atoms with Crippen LogP contribution in [0.15, 0.2) is 47.2 Å². The molecule has 0 amide bonds. The fraction of sp³-hybridized carbons (Fsp3) is 0.143. The van der Waals surface area contributed by atoms with E-state index in [1.807, 2.05) is 37.4 Å². The van der Waals surface area contributed by atoms with Gasteiger partial charge in [-0.1, -0.05) is 18.2 Å². The summed E-state index contributed by atoms with van der Waals surface area (Å²) in [5.74, 6) is 0.608. The van der Waals surface area contributed by atoms with Crippen LogP contribution in [0.5, 0.6) is 11.8 Å². The average Bonchev–Trinajstić information content (AvgIpc) is 2.86. The number of rotatable bonds is 4. The average molecular weight is 255 g/mol. The monoisotopic (exact) mass is 255 g/mol. The van der Waals surface area contributed by atoms with Gasteiger partial charge in [-0.05, 0) is 19.2 Å². The zero-order chi connectivity index (χ0) is 13.1. The summed E-state index contributed by atoms with van der Waals surface area (Å²) < 4.78 is 10.8. The second kappa shape index (κ2) is 5.07. The Morgan fingerprint density at radius 1 is 1.32 bits per heavy atom. The number of para-hydroxylation sites is 1. The third-order valence-corrected chi connectivity index (χ3v) is 2.66. The van der Waals surface area contributed by atoms with E-state index in [4.69, 9.17) is 9.15 Å². The molecule has 0 fully saturated rings. The Labute approximate surface area is 110 Å². The van der Waals surface area contributed by atoms with Crippen molar-refractivity contribution in [1.82, 2.24) is 15.3 Å². The van der Waals surface area contributed by atoms with E-state index in [0.717, 1.165) is 16.6 Å². The van der Waals surface area contributed by atoms with Crippen LogP contribution in [-0.2, 0) is 6.54 Å². The zero-order valence-corrected chi connectivity index (χ0v) is 10.5. The highest BCUT2D eigenvalue weighted by Crippen LogP contribution is 2.23. The molecule has 5 nitrogen and oxygen atoms in total. The van der Waals surface area contributed by atoms with Gasteiger partial charge in [0.15, 0.2) is 5.75 Å². The van der Waals surface area contributed by atoms with Crippen molar-refractivity contribution in [3.8, 4) is 11.8 Å². The predicted molar refractivity (Wildman–Crippen MR) is 71.1 cm³/mol. The molecule has 0 radical (unpaired) electrons. The van der Waals surface area contributed by atoms with Crippen molar-refractivity contribution in [2.45, 2.75) is 6.54 Å². The number of hydrogen-bond donors (Lipinski definition) is 1. The van der Waals surface area contributed by atoms with E-state index in [0.29, 0.717) is 12.3 Å². The van der Waals surface area contributed by atoms with Crippen molar-refractivity contribution in [3.63, 3.8) is 0 Å². The lowest BCUT2D eigenvalue weighted by Crippen LogP contribution is -2.04. The Bertz CT molecular complexity index is 694. The first kappa shape index (κ1) is 11.7. The molecule has 1 aromatic carbocycles. The lowest BCUT2D eigenvalue weighted by molar-refractivity contribution is 0.330. The Balaban J connectivity index is 1.83. The molecule has 0 aliphatic rings. The molecule has 0 bridgehead atoms. The standard InChI is InChI=1S/C14H13N3O2/c1-15-7-11-9-18-14(17-11)19-12-6-10-4-2-3-5-13(10)16-8-12/h2-6,8-9,15H,7H2,1H3. The largest absolute Gasteiger partial charge is 0.417 e. The van der Waals surface area contributed by atoms with Gasteiger partial charge in [0.2, 0.25) is 0 Å². The molecule has 0 unspecified atom stereocenters. The minimum absolute atomic E-state index is 0.224. The second-order valence-corrected chi connectivity index (χ2v) is 4.10. The number of nitrogens with zero attached hydrogens (tertiary/aromatic N) is 2. The predicted octanol–water partition coefficient (Wildman–Crippen LogP) is 2.73. The van der Waals surface area contributed by atoms with Gasteiger partial charge in [0, 0.05) is 11.9 Å². The number of pyridine rings is 1. The summed E-state index contributed by atoms with van der Waals surface area (Å²) in [6, 6.07) is 9.76. The maximum Gasteiger partial charge on any atom is 0.399 e. The first-order valence-corrected chi connectivity index (χ1v) is 5.97. The van der Waals surface area contributed by atoms with Gasteiger partial charge in [-0.3, -0.25) is 4.98 Å². The molecule has 0 atom stereocenters. The minimum Gasteiger partial charge on any atom is -0.417 e. The molecule has 0 spiro atoms. The van der Waals surface area contributed by atoms with Crippen LogP contribution in [0, 0.1) is 0 Å². The molecule has 1 N–H and O–H groups in total. The third kappa shape index (κ3) is 2.56. The summed E-state index contributed by atoms with van der Waals surface area (Å²) in [7, 11) is 1.85. The molecule has 96 valence electrons. The molecule has 0 aliphatic heterocycles. The Kier molecular flexibility index (Phi) is 3.12. The van der Waals surface area contributed by atoms with Gasteiger partial charge < -0.3 is 14.5 Å². The molecular weight excluding hydrogens is 242 g/mol. The van der Waals surface area contributed by atoms with Gasteiger partial charge in [0.05, 0.1) is 17.4 Å². The Morgan fingerprint density at radius 3 is 3.11 bits per heavy atom. The van der Waals surface area contributed by atoms with Crippen molar-refractivity contribution >= 4 is 10.9 Å². The molecule has 0 saturated heterocycles. The van der Waals surface area contributed by atoms with Crippen LogP contribution in [-0.4, -0.2) is 17.0 Å². The highest BCUT2D eigenvalue weighted by molar-refractivity contribution is 5.79. The summed E-state index contributed by atoms with van der Waals surface area (Å²) in [6.45, 7) is 0.642. The van der Waals surface area contributed by atoms with Crippen molar-refractivity contribution < 1.29 is 9.15 Å². The highest BCUT2D eigenvalue weighted by atomic mass is 16.6. The second-order valence-electron chi connectivity index (χ2n) is 4.10. The fourth-order valence-electron chi connectivity index (χ4n) is 1.81. The van der Waals surface area contributed by atoms with E-state index in [2.05, 4.69) is 15.3 Å². The van der Waals surface area contributed by atoms with Gasteiger partial charge in [0.25, 0.3) is 0 Å². The summed E-state index contributed by atoms with van der Waals surface area (Å²) in [6.07, 6.45) is 3.45. The molecular formula is C14H13N3O2. The number of hydrogen-bond acceptors (Lipinski definition) is 5. The third-order valence-electron chi connectivity index (χ3n) is 2.66. The maximum atomic E-state index is 5.55. The van der Waals surface area contributed by atoms with Gasteiger partial charge in [-0.15, -0.1) is 0 Å². The van der Waals surface area contributed by atoms with Crippen molar-refractivity contribution in [3.05, 3.63) is 48.5 Å². The molecule has 0 saturated carbocycles. The van der Waals surface area contributed by atoms with Crippen molar-refractivity contribution in [1.29, 1.82) is 0 Å². The molecule has 5 heteroatoms. The topological polar surface area (TPSA) is 60.2 Å². The van der Waals surface area contributed by atoms with Crippen LogP contribution < -0.4 is 10.1 Å². The number of nitrogens with one attached hydrogen (secondary N) is 1. The molecule has 0 aliphatic carbocycles. The Morgan fingerprint density at radius 2 is 2.21 bits per heavy atom. The fourth-order valence-corrected chi connectivity index (χ4v) is 1.81. The van der Waals surface area contributed by atoms with Gasteiger partial charge in [-0.25, -0.2) is 0 Å². The van der Waals surface area contributed by atoms with Crippen LogP contribution in [0.4, 0.5) is 0 Å². The number of aromatic nitrogens is 2. The summed E-state index contributed by atoms with van der Waals surface area (Å²) in [5, 5.41) is 4.01. The summed E-state index contributed by atoms with van der Waals surface area (Å²) in [4.78, 5) is 8.51. The molecule has 2 aromatic heterocycles. The number of oxazole rings is 1. The van der Waals surface area contributed by atoms with E-state index in [-0.39, 0.29) is 6.08 Å². The van der Waals surface area contributed by atoms with E-state index in [1.54, 1.807) is 12.5 Å². The summed E-state index contributed by atoms with van der Waals surface area (Å²) in [5.41, 5.74) is 1.73. The van der Waals surface area contributed by atoms with Crippen molar-refractivity contribution in [2.24, 2.45) is 0 Å². The quantitative estimate of drug-likeness (QED) is 0.776. The SMILES string of the molecule is CNCc1coc(Oc2cnc3ccccc3c2)n1. The Hall–Kier alpha value is -2.40. The molecule has 3 rings (SSSR count). The van der Waals surface area contributed by atoms with Crippen LogP contribution >= 0.6 is 0 Å². The van der Waals surface area contributed by atoms with Crippen LogP contribution in [0.2, 0.25) is 0 Å². The van der Waals surface area contributed by atoms with Gasteiger partial charge >= 0.3 is 6.08 Å². The number of ether oxygens (including phenoxy) is 1. The van der Waals surface area contributed by atoms with Crippen LogP contribution in [0.1, 0.15) is 5.69 Å².